The van der Waals surface area contributed by atoms with Crippen molar-refractivity contribution in [1.82, 2.24) is 0 Å². The van der Waals surface area contributed by atoms with Gasteiger partial charge in [-0.3, -0.25) is 10.1 Å². The summed E-state index contributed by atoms with van der Waals surface area (Å²) in [6.07, 6.45) is 0. The van der Waals surface area contributed by atoms with Crippen molar-refractivity contribution in [3.8, 4) is 5.75 Å². The molecule has 0 aliphatic rings. The number of benzene rings is 2. The Bertz CT molecular complexity index is 763. The Labute approximate surface area is 135 Å². The van der Waals surface area contributed by atoms with Crippen molar-refractivity contribution in [2.75, 3.05) is 7.11 Å². The Balaban J connectivity index is 2.49. The Morgan fingerprint density at radius 2 is 2.00 bits per heavy atom. The lowest BCUT2D eigenvalue weighted by atomic mass is 10.2. The molecule has 1 N–H and O–H groups in total. The van der Waals surface area contributed by atoms with Gasteiger partial charge in [0.15, 0.2) is 0 Å². The molecule has 2 aromatic carbocycles. The van der Waals surface area contributed by atoms with Crippen molar-refractivity contribution < 1.29 is 14.8 Å². The molecule has 0 radical (unpaired) electrons. The van der Waals surface area contributed by atoms with Crippen LogP contribution >= 0.6 is 23.2 Å². The highest BCUT2D eigenvalue weighted by Crippen LogP contribution is 2.31. The highest BCUT2D eigenvalue weighted by molar-refractivity contribution is 6.33. The van der Waals surface area contributed by atoms with Gasteiger partial charge in [0, 0.05) is 17.2 Å². The fourth-order valence-electron chi connectivity index (χ4n) is 1.70. The quantitative estimate of drug-likeness (QED) is 0.390. The summed E-state index contributed by atoms with van der Waals surface area (Å²) in [7, 11) is 1.37. The van der Waals surface area contributed by atoms with Crippen LogP contribution in [0.1, 0.15) is 5.56 Å². The fraction of sp³-hybridized carbons (Fsp3) is 0.0714. The van der Waals surface area contributed by atoms with Crippen molar-refractivity contribution in [2.24, 2.45) is 4.99 Å². The van der Waals surface area contributed by atoms with Crippen LogP contribution in [0.2, 0.25) is 10.0 Å². The van der Waals surface area contributed by atoms with Crippen LogP contribution in [0.15, 0.2) is 41.4 Å². The molecule has 8 heteroatoms. The molecule has 0 saturated heterocycles. The van der Waals surface area contributed by atoms with Crippen LogP contribution in [0.4, 0.5) is 11.4 Å². The van der Waals surface area contributed by atoms with Gasteiger partial charge in [-0.05, 0) is 24.3 Å². The first-order chi connectivity index (χ1) is 10.4. The smallest absolute Gasteiger partial charge is 0.271 e. The highest BCUT2D eigenvalue weighted by Gasteiger charge is 2.13. The zero-order valence-electron chi connectivity index (χ0n) is 11.3. The predicted molar refractivity (Wildman–Crippen MR) is 84.4 cm³/mol. The first-order valence-electron chi connectivity index (χ1n) is 5.98. The number of nitrogens with zero attached hydrogens (tertiary/aromatic N) is 2. The largest absolute Gasteiger partial charge is 0.507 e. The molecule has 114 valence electrons. The van der Waals surface area contributed by atoms with Gasteiger partial charge in [-0.1, -0.05) is 23.2 Å². The van der Waals surface area contributed by atoms with E-state index in [0.29, 0.717) is 5.02 Å². The third-order valence-electron chi connectivity index (χ3n) is 2.75. The van der Waals surface area contributed by atoms with Gasteiger partial charge in [0.05, 0.1) is 28.3 Å². The third kappa shape index (κ3) is 3.47. The summed E-state index contributed by atoms with van der Waals surface area (Å²) in [5.41, 5.74) is 0.404. The van der Waals surface area contributed by atoms with Crippen LogP contribution in [-0.4, -0.2) is 23.0 Å². The predicted octanol–water partition coefficient (Wildman–Crippen LogP) is 4.33. The summed E-state index contributed by atoms with van der Waals surface area (Å²) in [4.78, 5) is 14.3. The number of phenols is 1. The first kappa shape index (κ1) is 16.1. The zero-order valence-corrected chi connectivity index (χ0v) is 12.8. The molecule has 2 rings (SSSR count). The molecule has 0 spiro atoms. The molecule has 22 heavy (non-hydrogen) atoms. The van der Waals surface area contributed by atoms with E-state index in [1.54, 1.807) is 0 Å². The Morgan fingerprint density at radius 1 is 1.27 bits per heavy atom. The molecule has 2 aromatic rings. The molecule has 0 aliphatic heterocycles. The van der Waals surface area contributed by atoms with Gasteiger partial charge in [-0.2, -0.15) is 0 Å². The second kappa shape index (κ2) is 6.64. The number of aromatic hydroxyl groups is 1. The maximum atomic E-state index is 10.7. The number of nitro groups is 1. The summed E-state index contributed by atoms with van der Waals surface area (Å²) >= 11 is 11.9. The average Bonchev–Trinajstić information content (AvgIpc) is 2.48. The number of non-ortho nitro benzene ring substituents is 1. The second-order valence-corrected chi connectivity index (χ2v) is 5.02. The summed E-state index contributed by atoms with van der Waals surface area (Å²) in [5, 5.41) is 21.0. The number of hydrogen-bond donors (Lipinski definition) is 1. The van der Waals surface area contributed by atoms with E-state index in [-0.39, 0.29) is 33.6 Å². The number of aliphatic imine (C=N–C) groups is 1. The van der Waals surface area contributed by atoms with E-state index >= 15 is 0 Å². The molecular weight excluding hydrogens is 331 g/mol. The van der Waals surface area contributed by atoms with Crippen LogP contribution in [0, 0.1) is 10.1 Å². The lowest BCUT2D eigenvalue weighted by Crippen LogP contribution is -2.03. The molecule has 0 amide bonds. The van der Waals surface area contributed by atoms with E-state index in [4.69, 9.17) is 27.9 Å². The van der Waals surface area contributed by atoms with Crippen molar-refractivity contribution in [3.63, 3.8) is 0 Å². The Kier molecular flexibility index (Phi) is 4.85. The van der Waals surface area contributed by atoms with E-state index in [1.165, 1.54) is 43.5 Å². The van der Waals surface area contributed by atoms with Crippen molar-refractivity contribution in [3.05, 3.63) is 62.1 Å². The minimum atomic E-state index is -0.556. The molecule has 0 unspecified atom stereocenters. The Hall–Kier alpha value is -2.31. The van der Waals surface area contributed by atoms with Crippen LogP contribution in [0.5, 0.6) is 5.75 Å². The van der Waals surface area contributed by atoms with E-state index in [9.17, 15) is 15.2 Å². The van der Waals surface area contributed by atoms with E-state index < -0.39 is 4.92 Å². The number of ether oxygens (including phenoxy) is 1. The van der Waals surface area contributed by atoms with Crippen LogP contribution < -0.4 is 0 Å². The van der Waals surface area contributed by atoms with E-state index in [1.807, 2.05) is 0 Å². The number of methoxy groups -OCH3 is 1. The standard InChI is InChI=1S/C14H10Cl2N2O4/c1-22-14(10-6-8(15)2-5-13(10)19)17-12-4-3-9(18(20)21)7-11(12)16/h2-7,19H,1H3/b17-14-. The average molecular weight is 341 g/mol. The molecule has 0 aliphatic carbocycles. The number of rotatable bonds is 3. The lowest BCUT2D eigenvalue weighted by Gasteiger charge is -2.08. The van der Waals surface area contributed by atoms with E-state index in [0.717, 1.165) is 0 Å². The summed E-state index contributed by atoms with van der Waals surface area (Å²) in [6, 6.07) is 8.26. The summed E-state index contributed by atoms with van der Waals surface area (Å²) in [6.45, 7) is 0. The van der Waals surface area contributed by atoms with Gasteiger partial charge < -0.3 is 9.84 Å². The van der Waals surface area contributed by atoms with Crippen LogP contribution in [0.3, 0.4) is 0 Å². The van der Waals surface area contributed by atoms with E-state index in [2.05, 4.69) is 4.99 Å². The van der Waals surface area contributed by atoms with Crippen molar-refractivity contribution in [1.29, 1.82) is 0 Å². The molecule has 6 nitrogen and oxygen atoms in total. The van der Waals surface area contributed by atoms with Gasteiger partial charge >= 0.3 is 0 Å². The topological polar surface area (TPSA) is 85.0 Å². The highest BCUT2D eigenvalue weighted by atomic mass is 35.5. The van der Waals surface area contributed by atoms with Crippen LogP contribution in [0.25, 0.3) is 0 Å². The van der Waals surface area contributed by atoms with Gasteiger partial charge in [-0.15, -0.1) is 0 Å². The van der Waals surface area contributed by atoms with Gasteiger partial charge in [0.25, 0.3) is 5.69 Å². The second-order valence-electron chi connectivity index (χ2n) is 4.18. The molecule has 0 atom stereocenters. The maximum Gasteiger partial charge on any atom is 0.271 e. The monoisotopic (exact) mass is 340 g/mol. The summed E-state index contributed by atoms with van der Waals surface area (Å²) < 4.78 is 5.15. The zero-order chi connectivity index (χ0) is 16.3. The normalized spacial score (nSPS) is 11.3. The van der Waals surface area contributed by atoms with Crippen molar-refractivity contribution in [2.45, 2.75) is 0 Å². The first-order valence-corrected chi connectivity index (χ1v) is 6.73. The maximum absolute atomic E-state index is 10.7. The molecule has 0 heterocycles. The minimum Gasteiger partial charge on any atom is -0.507 e. The lowest BCUT2D eigenvalue weighted by molar-refractivity contribution is -0.384. The van der Waals surface area contributed by atoms with Gasteiger partial charge in [-0.25, -0.2) is 4.99 Å². The van der Waals surface area contributed by atoms with Crippen molar-refractivity contribution >= 4 is 40.5 Å². The molecular formula is C14H10Cl2N2O4. The SMILES string of the molecule is CO/C(=N\c1ccc([N+](=O)[O-])cc1Cl)c1cc(Cl)ccc1O. The number of hydrogen-bond acceptors (Lipinski definition) is 5. The summed E-state index contributed by atoms with van der Waals surface area (Å²) in [5.74, 6) is 0.0128. The Morgan fingerprint density at radius 3 is 2.59 bits per heavy atom. The molecule has 0 fully saturated rings. The minimum absolute atomic E-state index is 0.0666. The molecule has 0 bridgehead atoms. The number of phenolic OH excluding ortho intramolecular Hbond substituents is 1. The fourth-order valence-corrected chi connectivity index (χ4v) is 2.09. The molecule has 0 aromatic heterocycles. The number of nitro benzene ring substituents is 1. The third-order valence-corrected chi connectivity index (χ3v) is 3.28. The number of halogens is 2. The molecule has 0 saturated carbocycles. The van der Waals surface area contributed by atoms with Gasteiger partial charge in [0.2, 0.25) is 5.90 Å². The van der Waals surface area contributed by atoms with Gasteiger partial charge in [0.1, 0.15) is 5.75 Å². The van der Waals surface area contributed by atoms with Crippen LogP contribution in [-0.2, 0) is 4.74 Å².